The van der Waals surface area contributed by atoms with Gasteiger partial charge in [-0.15, -0.1) is 0 Å². The maximum Gasteiger partial charge on any atom is 0.253 e. The highest BCUT2D eigenvalue weighted by atomic mass is 32.2. The Labute approximate surface area is 157 Å². The Morgan fingerprint density at radius 3 is 2.35 bits per heavy atom. The lowest BCUT2D eigenvalue weighted by Crippen LogP contribution is -2.34. The Morgan fingerprint density at radius 1 is 1.19 bits per heavy atom. The van der Waals surface area contributed by atoms with Gasteiger partial charge in [-0.25, -0.2) is 13.1 Å². The summed E-state index contributed by atoms with van der Waals surface area (Å²) in [5, 5.41) is 0. The van der Waals surface area contributed by atoms with Gasteiger partial charge in [0, 0.05) is 24.7 Å². The summed E-state index contributed by atoms with van der Waals surface area (Å²) < 4.78 is 33.7. The number of carbonyl (C=O) groups is 1. The highest BCUT2D eigenvalue weighted by Crippen LogP contribution is 2.27. The van der Waals surface area contributed by atoms with Crippen molar-refractivity contribution in [3.05, 3.63) is 23.8 Å². The Balaban J connectivity index is 2.33. The number of amides is 1. The first-order valence-corrected chi connectivity index (χ1v) is 10.9. The molecule has 0 atom stereocenters. The fraction of sp³-hybridized carbons (Fsp3) is 0.632. The first kappa shape index (κ1) is 20.7. The highest BCUT2D eigenvalue weighted by molar-refractivity contribution is 7.89. The molecular formula is C19H30N2O4S. The van der Waals surface area contributed by atoms with E-state index in [0.717, 1.165) is 38.5 Å². The molecule has 1 aromatic carbocycles. The maximum atomic E-state index is 12.8. The second kappa shape index (κ2) is 9.37. The first-order valence-electron chi connectivity index (χ1n) is 9.42. The standard InChI is InChI=1S/C19H30N2O4S/c1-4-12-21(13-5-2)19(22)15-10-11-17(25-3)18(14-15)26(23,24)20-16-8-6-7-9-16/h10-11,14,16,20H,4-9,12-13H2,1-3H3. The molecule has 1 amide bonds. The number of nitrogens with one attached hydrogen (secondary N) is 1. The zero-order chi connectivity index (χ0) is 19.2. The van der Waals surface area contributed by atoms with Crippen LogP contribution in [0, 0.1) is 0 Å². The van der Waals surface area contributed by atoms with Crippen LogP contribution in [0.1, 0.15) is 62.7 Å². The molecule has 6 nitrogen and oxygen atoms in total. The Bertz CT molecular complexity index is 706. The minimum absolute atomic E-state index is 0.0331. The zero-order valence-electron chi connectivity index (χ0n) is 16.0. The molecule has 1 aromatic rings. The lowest BCUT2D eigenvalue weighted by molar-refractivity contribution is 0.0755. The van der Waals surface area contributed by atoms with Gasteiger partial charge in [0.25, 0.3) is 5.91 Å². The molecule has 1 saturated carbocycles. The van der Waals surface area contributed by atoms with E-state index in [4.69, 9.17) is 4.74 Å². The summed E-state index contributed by atoms with van der Waals surface area (Å²) in [6, 6.07) is 4.60. The van der Waals surface area contributed by atoms with Gasteiger partial charge in [-0.1, -0.05) is 26.7 Å². The molecule has 0 unspecified atom stereocenters. The number of carbonyl (C=O) groups excluding carboxylic acids is 1. The van der Waals surface area contributed by atoms with Crippen LogP contribution in [0.2, 0.25) is 0 Å². The predicted octanol–water partition coefficient (Wildman–Crippen LogP) is 3.18. The molecule has 26 heavy (non-hydrogen) atoms. The number of sulfonamides is 1. The zero-order valence-corrected chi connectivity index (χ0v) is 16.8. The number of hydrogen-bond acceptors (Lipinski definition) is 4. The van der Waals surface area contributed by atoms with Gasteiger partial charge in [-0.2, -0.15) is 0 Å². The average Bonchev–Trinajstić information content (AvgIpc) is 3.12. The summed E-state index contributed by atoms with van der Waals surface area (Å²) in [7, 11) is -2.30. The highest BCUT2D eigenvalue weighted by Gasteiger charge is 2.27. The molecule has 0 bridgehead atoms. The summed E-state index contributed by atoms with van der Waals surface area (Å²) >= 11 is 0. The summed E-state index contributed by atoms with van der Waals surface area (Å²) in [6.45, 7) is 5.35. The molecule has 2 rings (SSSR count). The van der Waals surface area contributed by atoms with Crippen LogP contribution < -0.4 is 9.46 Å². The number of ether oxygens (including phenoxy) is 1. The van der Waals surface area contributed by atoms with E-state index < -0.39 is 10.0 Å². The van der Waals surface area contributed by atoms with Gasteiger partial charge in [0.05, 0.1) is 7.11 Å². The van der Waals surface area contributed by atoms with Crippen LogP contribution in [0.3, 0.4) is 0 Å². The minimum Gasteiger partial charge on any atom is -0.495 e. The molecule has 1 aliphatic rings. The molecule has 0 spiro atoms. The van der Waals surface area contributed by atoms with Gasteiger partial charge in [0.15, 0.2) is 0 Å². The van der Waals surface area contributed by atoms with Gasteiger partial charge >= 0.3 is 0 Å². The van der Waals surface area contributed by atoms with E-state index in [1.165, 1.54) is 13.2 Å². The third-order valence-corrected chi connectivity index (χ3v) is 6.19. The summed E-state index contributed by atoms with van der Waals surface area (Å²) in [5.74, 6) is 0.109. The Kier molecular flexibility index (Phi) is 7.46. The van der Waals surface area contributed by atoms with Crippen molar-refractivity contribution in [3.8, 4) is 5.75 Å². The first-order chi connectivity index (χ1) is 12.4. The van der Waals surface area contributed by atoms with Gasteiger partial charge in [0.1, 0.15) is 10.6 Å². The van der Waals surface area contributed by atoms with Crippen molar-refractivity contribution < 1.29 is 17.9 Å². The molecule has 0 aliphatic heterocycles. The van der Waals surface area contributed by atoms with Gasteiger partial charge in [-0.05, 0) is 43.9 Å². The number of hydrogen-bond donors (Lipinski definition) is 1. The van der Waals surface area contributed by atoms with Crippen LogP contribution >= 0.6 is 0 Å². The van der Waals surface area contributed by atoms with Crippen molar-refractivity contribution in [2.75, 3.05) is 20.2 Å². The van der Waals surface area contributed by atoms with E-state index >= 15 is 0 Å². The fourth-order valence-electron chi connectivity index (χ4n) is 3.38. The lowest BCUT2D eigenvalue weighted by atomic mass is 10.1. The molecule has 0 radical (unpaired) electrons. The average molecular weight is 383 g/mol. The van der Waals surface area contributed by atoms with Gasteiger partial charge in [-0.3, -0.25) is 4.79 Å². The number of nitrogens with zero attached hydrogens (tertiary/aromatic N) is 1. The summed E-state index contributed by atoms with van der Waals surface area (Å²) in [6.07, 6.45) is 5.48. The molecule has 7 heteroatoms. The third kappa shape index (κ3) is 4.98. The number of rotatable bonds is 9. The van der Waals surface area contributed by atoms with Gasteiger partial charge < -0.3 is 9.64 Å². The van der Waals surface area contributed by atoms with Crippen LogP contribution in [0.4, 0.5) is 0 Å². The van der Waals surface area contributed by atoms with E-state index in [9.17, 15) is 13.2 Å². The van der Waals surface area contributed by atoms with E-state index in [-0.39, 0.29) is 22.6 Å². The van der Waals surface area contributed by atoms with E-state index in [0.29, 0.717) is 18.7 Å². The van der Waals surface area contributed by atoms with Crippen molar-refractivity contribution in [3.63, 3.8) is 0 Å². The largest absolute Gasteiger partial charge is 0.495 e. The van der Waals surface area contributed by atoms with Crippen molar-refractivity contribution >= 4 is 15.9 Å². The van der Waals surface area contributed by atoms with Gasteiger partial charge in [0.2, 0.25) is 10.0 Å². The van der Waals surface area contributed by atoms with Crippen molar-refractivity contribution in [1.29, 1.82) is 0 Å². The topological polar surface area (TPSA) is 75.7 Å². The van der Waals surface area contributed by atoms with E-state index in [1.807, 2.05) is 13.8 Å². The van der Waals surface area contributed by atoms with Crippen LogP contribution in [0.5, 0.6) is 5.75 Å². The predicted molar refractivity (Wildman–Crippen MR) is 102 cm³/mol. The molecule has 1 aliphatic carbocycles. The maximum absolute atomic E-state index is 12.8. The molecular weight excluding hydrogens is 352 g/mol. The van der Waals surface area contributed by atoms with Crippen molar-refractivity contribution in [2.45, 2.75) is 63.3 Å². The monoisotopic (exact) mass is 382 g/mol. The number of methoxy groups -OCH3 is 1. The van der Waals surface area contributed by atoms with Crippen molar-refractivity contribution in [2.24, 2.45) is 0 Å². The lowest BCUT2D eigenvalue weighted by Gasteiger charge is -2.22. The third-order valence-electron chi connectivity index (χ3n) is 4.65. The molecule has 1 fully saturated rings. The summed E-state index contributed by atoms with van der Waals surface area (Å²) in [4.78, 5) is 14.6. The molecule has 1 N–H and O–H groups in total. The smallest absolute Gasteiger partial charge is 0.253 e. The van der Waals surface area contributed by atoms with Crippen LogP contribution in [0.15, 0.2) is 23.1 Å². The van der Waals surface area contributed by atoms with Crippen LogP contribution in [0.25, 0.3) is 0 Å². The summed E-state index contributed by atoms with van der Waals surface area (Å²) in [5.41, 5.74) is 0.375. The van der Waals surface area contributed by atoms with Crippen LogP contribution in [-0.2, 0) is 10.0 Å². The molecule has 0 aromatic heterocycles. The second-order valence-corrected chi connectivity index (χ2v) is 8.44. The second-order valence-electron chi connectivity index (χ2n) is 6.76. The van der Waals surface area contributed by atoms with E-state index in [2.05, 4.69) is 4.72 Å². The fourth-order valence-corrected chi connectivity index (χ4v) is 4.88. The van der Waals surface area contributed by atoms with E-state index in [1.54, 1.807) is 17.0 Å². The quantitative estimate of drug-likeness (QED) is 0.712. The molecule has 0 saturated heterocycles. The molecule has 0 heterocycles. The molecule has 146 valence electrons. The van der Waals surface area contributed by atoms with Crippen molar-refractivity contribution in [1.82, 2.24) is 9.62 Å². The SMILES string of the molecule is CCCN(CCC)C(=O)c1ccc(OC)c(S(=O)(=O)NC2CCCC2)c1. The normalized spacial score (nSPS) is 15.2. The Morgan fingerprint density at radius 2 is 1.81 bits per heavy atom. The van der Waals surface area contributed by atoms with Crippen LogP contribution in [-0.4, -0.2) is 45.5 Å². The Hall–Kier alpha value is -1.60. The minimum atomic E-state index is -3.74. The number of benzene rings is 1.